The molecule has 0 radical (unpaired) electrons. The minimum atomic E-state index is 0.313. The van der Waals surface area contributed by atoms with Crippen LogP contribution in [0.25, 0.3) is 0 Å². The molecule has 4 nitrogen and oxygen atoms in total. The number of hydrogen-bond acceptors (Lipinski definition) is 3. The second-order valence-electron chi connectivity index (χ2n) is 5.35. The minimum Gasteiger partial charge on any atom is -0.310 e. The molecule has 0 amide bonds. The monoisotopic (exact) mass is 286 g/mol. The molecule has 0 spiro atoms. The van der Waals surface area contributed by atoms with E-state index in [-0.39, 0.29) is 0 Å². The summed E-state index contributed by atoms with van der Waals surface area (Å²) in [6, 6.07) is 4.67. The Labute approximate surface area is 127 Å². The second kappa shape index (κ2) is 7.36. The van der Waals surface area contributed by atoms with Crippen molar-refractivity contribution in [3.05, 3.63) is 47.0 Å². The van der Waals surface area contributed by atoms with Gasteiger partial charge in [0.25, 0.3) is 0 Å². The highest BCUT2D eigenvalue weighted by Gasteiger charge is 2.16. The molecule has 2 aromatic rings. The van der Waals surface area contributed by atoms with Crippen LogP contribution in [0.5, 0.6) is 0 Å². The molecule has 1 unspecified atom stereocenters. The van der Waals surface area contributed by atoms with Crippen LogP contribution in [0.3, 0.4) is 0 Å². The third-order valence-corrected chi connectivity index (χ3v) is 3.95. The quantitative estimate of drug-likeness (QED) is 0.851. The summed E-state index contributed by atoms with van der Waals surface area (Å²) >= 11 is 0. The lowest BCUT2D eigenvalue weighted by molar-refractivity contribution is 0.524. The first-order chi connectivity index (χ1) is 10.2. The predicted octanol–water partition coefficient (Wildman–Crippen LogP) is 2.83. The van der Waals surface area contributed by atoms with E-state index in [1.165, 1.54) is 16.8 Å². The molecule has 0 fully saturated rings. The molecule has 0 aliphatic heterocycles. The zero-order valence-electron chi connectivity index (χ0n) is 13.6. The van der Waals surface area contributed by atoms with Crippen molar-refractivity contribution in [2.75, 3.05) is 6.54 Å². The van der Waals surface area contributed by atoms with Gasteiger partial charge in [0.15, 0.2) is 0 Å². The first-order valence-electron chi connectivity index (χ1n) is 7.87. The van der Waals surface area contributed by atoms with Crippen LogP contribution in [-0.4, -0.2) is 21.3 Å². The number of likely N-dealkylation sites (N-methyl/N-ethyl adjacent to an activating group) is 1. The molecule has 0 aliphatic rings. The Bertz CT molecular complexity index is 574. The molecule has 0 bridgehead atoms. The second-order valence-corrected chi connectivity index (χ2v) is 5.35. The lowest BCUT2D eigenvalue weighted by atomic mass is 9.97. The van der Waals surface area contributed by atoms with E-state index in [1.807, 2.05) is 24.1 Å². The summed E-state index contributed by atoms with van der Waals surface area (Å²) in [6.07, 6.45) is 6.82. The molecule has 2 aromatic heterocycles. The number of nitrogens with one attached hydrogen (secondary N) is 1. The normalized spacial score (nSPS) is 12.6. The van der Waals surface area contributed by atoms with E-state index in [1.54, 1.807) is 0 Å². The molecule has 1 N–H and O–H groups in total. The van der Waals surface area contributed by atoms with Gasteiger partial charge in [-0.25, -0.2) is 0 Å². The van der Waals surface area contributed by atoms with Crippen LogP contribution in [0, 0.1) is 0 Å². The lowest BCUT2D eigenvalue weighted by Crippen LogP contribution is -2.25. The fourth-order valence-corrected chi connectivity index (χ4v) is 2.76. The highest BCUT2D eigenvalue weighted by atomic mass is 15.3. The molecule has 0 aromatic carbocycles. The van der Waals surface area contributed by atoms with Crippen LogP contribution in [0.4, 0.5) is 0 Å². The van der Waals surface area contributed by atoms with Crippen LogP contribution >= 0.6 is 0 Å². The van der Waals surface area contributed by atoms with E-state index < -0.39 is 0 Å². The molecule has 21 heavy (non-hydrogen) atoms. The number of pyridine rings is 1. The average Bonchev–Trinajstić information content (AvgIpc) is 2.87. The molecular weight excluding hydrogens is 260 g/mol. The molecule has 0 saturated heterocycles. The van der Waals surface area contributed by atoms with Crippen molar-refractivity contribution in [1.82, 2.24) is 20.1 Å². The molecule has 1 atom stereocenters. The summed E-state index contributed by atoms with van der Waals surface area (Å²) in [5.41, 5.74) is 5.11. The molecule has 114 valence electrons. The third kappa shape index (κ3) is 3.70. The highest BCUT2D eigenvalue weighted by molar-refractivity contribution is 5.28. The molecular formula is C17H26N4. The maximum absolute atomic E-state index is 4.56. The Morgan fingerprint density at radius 3 is 2.67 bits per heavy atom. The van der Waals surface area contributed by atoms with Crippen molar-refractivity contribution in [2.24, 2.45) is 7.05 Å². The molecule has 2 rings (SSSR count). The topological polar surface area (TPSA) is 42.7 Å². The van der Waals surface area contributed by atoms with Crippen molar-refractivity contribution >= 4 is 0 Å². The summed E-state index contributed by atoms with van der Waals surface area (Å²) in [7, 11) is 2.03. The number of nitrogens with zero attached hydrogens (tertiary/aromatic N) is 3. The van der Waals surface area contributed by atoms with Gasteiger partial charge in [0.1, 0.15) is 0 Å². The Hall–Kier alpha value is -1.68. The van der Waals surface area contributed by atoms with Gasteiger partial charge < -0.3 is 5.32 Å². The van der Waals surface area contributed by atoms with Crippen LogP contribution < -0.4 is 5.32 Å². The number of rotatable bonds is 7. The minimum absolute atomic E-state index is 0.313. The summed E-state index contributed by atoms with van der Waals surface area (Å²) in [5, 5.41) is 8.16. The lowest BCUT2D eigenvalue weighted by Gasteiger charge is -2.21. The fourth-order valence-electron chi connectivity index (χ4n) is 2.76. The van der Waals surface area contributed by atoms with Crippen molar-refractivity contribution in [3.63, 3.8) is 0 Å². The summed E-state index contributed by atoms with van der Waals surface area (Å²) in [5.74, 6) is 0. The first kappa shape index (κ1) is 15.7. The summed E-state index contributed by atoms with van der Waals surface area (Å²) < 4.78 is 2.01. The van der Waals surface area contributed by atoms with Gasteiger partial charge in [-0.3, -0.25) is 9.67 Å². The molecule has 4 heteroatoms. The Morgan fingerprint density at radius 1 is 1.24 bits per heavy atom. The smallest absolute Gasteiger partial charge is 0.0624 e. The van der Waals surface area contributed by atoms with Crippen LogP contribution in [0.15, 0.2) is 24.5 Å². The van der Waals surface area contributed by atoms with Crippen molar-refractivity contribution in [2.45, 2.75) is 46.1 Å². The van der Waals surface area contributed by atoms with E-state index in [2.05, 4.69) is 48.3 Å². The van der Waals surface area contributed by atoms with Gasteiger partial charge in [-0.2, -0.15) is 5.10 Å². The van der Waals surface area contributed by atoms with Gasteiger partial charge in [0.2, 0.25) is 0 Å². The van der Waals surface area contributed by atoms with Gasteiger partial charge in [-0.05, 0) is 42.6 Å². The fraction of sp³-hybridized carbons (Fsp3) is 0.529. The van der Waals surface area contributed by atoms with E-state index in [4.69, 9.17) is 0 Å². The first-order valence-corrected chi connectivity index (χ1v) is 7.87. The molecule has 2 heterocycles. The standard InChI is InChI=1S/C17H26N4/c1-5-13-12-18-9-8-16(13)17(19-7-3)11-15-10-14(6-2)20-21(15)4/h8-10,12,17,19H,5-7,11H2,1-4H3. The number of hydrogen-bond donors (Lipinski definition) is 1. The largest absolute Gasteiger partial charge is 0.310 e. The van der Waals surface area contributed by atoms with Gasteiger partial charge in [-0.1, -0.05) is 20.8 Å². The molecule has 0 saturated carbocycles. The third-order valence-electron chi connectivity index (χ3n) is 3.95. The maximum atomic E-state index is 4.56. The summed E-state index contributed by atoms with van der Waals surface area (Å²) in [4.78, 5) is 4.26. The SMILES string of the molecule is CCNC(Cc1cc(CC)nn1C)c1ccncc1CC. The van der Waals surface area contributed by atoms with E-state index in [0.717, 1.165) is 31.5 Å². The van der Waals surface area contributed by atoms with Crippen LogP contribution in [0.1, 0.15) is 49.3 Å². The van der Waals surface area contributed by atoms with Gasteiger partial charge in [0, 0.05) is 37.6 Å². The van der Waals surface area contributed by atoms with Crippen molar-refractivity contribution < 1.29 is 0 Å². The van der Waals surface area contributed by atoms with Gasteiger partial charge >= 0.3 is 0 Å². The summed E-state index contributed by atoms with van der Waals surface area (Å²) in [6.45, 7) is 7.43. The highest BCUT2D eigenvalue weighted by Crippen LogP contribution is 2.22. The Kier molecular flexibility index (Phi) is 5.51. The zero-order valence-corrected chi connectivity index (χ0v) is 13.6. The molecule has 0 aliphatic carbocycles. The van der Waals surface area contributed by atoms with Gasteiger partial charge in [0.05, 0.1) is 5.69 Å². The number of aryl methyl sites for hydroxylation is 3. The van der Waals surface area contributed by atoms with Gasteiger partial charge in [-0.15, -0.1) is 0 Å². The van der Waals surface area contributed by atoms with E-state index >= 15 is 0 Å². The Morgan fingerprint density at radius 2 is 2.05 bits per heavy atom. The van der Waals surface area contributed by atoms with Crippen LogP contribution in [-0.2, 0) is 26.3 Å². The van der Waals surface area contributed by atoms with E-state index in [9.17, 15) is 0 Å². The Balaban J connectivity index is 2.28. The number of aromatic nitrogens is 3. The zero-order chi connectivity index (χ0) is 15.2. The van der Waals surface area contributed by atoms with Crippen molar-refractivity contribution in [3.8, 4) is 0 Å². The average molecular weight is 286 g/mol. The van der Waals surface area contributed by atoms with E-state index in [0.29, 0.717) is 6.04 Å². The maximum Gasteiger partial charge on any atom is 0.0624 e. The predicted molar refractivity (Wildman–Crippen MR) is 86.3 cm³/mol. The van der Waals surface area contributed by atoms with Crippen molar-refractivity contribution in [1.29, 1.82) is 0 Å². The van der Waals surface area contributed by atoms with Crippen LogP contribution in [0.2, 0.25) is 0 Å².